The van der Waals surface area contributed by atoms with E-state index in [1.165, 1.54) is 18.1 Å². The molecule has 0 aliphatic carbocycles. The Bertz CT molecular complexity index is 475. The largest absolute Gasteiger partial charge is 0.227 e. The van der Waals surface area contributed by atoms with E-state index in [1.54, 1.807) is 13.0 Å². The van der Waals surface area contributed by atoms with Crippen molar-refractivity contribution in [3.63, 3.8) is 0 Å². The van der Waals surface area contributed by atoms with Gasteiger partial charge < -0.3 is 0 Å². The first-order valence-electron chi connectivity index (χ1n) is 5.09. The first kappa shape index (κ1) is 14.4. The molecule has 0 aliphatic rings. The van der Waals surface area contributed by atoms with Gasteiger partial charge in [-0.1, -0.05) is 15.9 Å². The number of hydrogen-bond acceptors (Lipinski definition) is 3. The van der Waals surface area contributed by atoms with Gasteiger partial charge in [-0.25, -0.2) is 9.38 Å². The second-order valence-electron chi connectivity index (χ2n) is 3.82. The van der Waals surface area contributed by atoms with Gasteiger partial charge in [-0.15, -0.1) is 0 Å². The molecule has 0 unspecified atom stereocenters. The van der Waals surface area contributed by atoms with Crippen molar-refractivity contribution in [2.45, 2.75) is 27.7 Å². The molecule has 1 aromatic heterocycles. The Morgan fingerprint density at radius 1 is 1.41 bits per heavy atom. The summed E-state index contributed by atoms with van der Waals surface area (Å²) >= 11 is 4.80. The van der Waals surface area contributed by atoms with Gasteiger partial charge in [-0.05, 0) is 33.8 Å². The second-order valence-corrected chi connectivity index (χ2v) is 5.79. The van der Waals surface area contributed by atoms with Gasteiger partial charge in [0.05, 0.1) is 0 Å². The van der Waals surface area contributed by atoms with Crippen molar-refractivity contribution in [3.05, 3.63) is 33.8 Å². The first-order chi connectivity index (χ1) is 7.91. The summed E-state index contributed by atoms with van der Waals surface area (Å²) in [6.45, 7) is 7.50. The second kappa shape index (κ2) is 6.31. The van der Waals surface area contributed by atoms with E-state index < -0.39 is 5.95 Å². The van der Waals surface area contributed by atoms with Crippen molar-refractivity contribution in [2.24, 2.45) is 4.40 Å². The Hall–Kier alpha value is -0.680. The van der Waals surface area contributed by atoms with Gasteiger partial charge in [0.15, 0.2) is 0 Å². The smallest absolute Gasteiger partial charge is 0.215 e. The minimum absolute atomic E-state index is 0.430. The third-order valence-electron chi connectivity index (χ3n) is 1.91. The zero-order chi connectivity index (χ0) is 13.0. The van der Waals surface area contributed by atoms with Gasteiger partial charge in [-0.2, -0.15) is 4.39 Å². The SMILES string of the molecule is CC(C)=NS/C(=C(\C)Br)c1cnc(F)c(C)c1. The van der Waals surface area contributed by atoms with Gasteiger partial charge in [0.1, 0.15) is 0 Å². The lowest BCUT2D eigenvalue weighted by Gasteiger charge is -2.07. The van der Waals surface area contributed by atoms with Crippen molar-refractivity contribution < 1.29 is 4.39 Å². The van der Waals surface area contributed by atoms with Gasteiger partial charge in [0.25, 0.3) is 0 Å². The summed E-state index contributed by atoms with van der Waals surface area (Å²) in [6.07, 6.45) is 1.52. The number of nitrogens with zero attached hydrogens (tertiary/aromatic N) is 2. The summed E-state index contributed by atoms with van der Waals surface area (Å²) in [5.41, 5.74) is 2.38. The quantitative estimate of drug-likeness (QED) is 0.457. The highest BCUT2D eigenvalue weighted by molar-refractivity contribution is 9.12. The van der Waals surface area contributed by atoms with E-state index in [0.717, 1.165) is 20.7 Å². The molecule has 0 saturated heterocycles. The molecule has 1 rings (SSSR count). The molecule has 2 nitrogen and oxygen atoms in total. The summed E-state index contributed by atoms with van der Waals surface area (Å²) < 4.78 is 18.4. The Morgan fingerprint density at radius 3 is 2.53 bits per heavy atom. The molecule has 1 heterocycles. The van der Waals surface area contributed by atoms with E-state index in [0.29, 0.717) is 5.56 Å². The highest BCUT2D eigenvalue weighted by Gasteiger charge is 2.08. The summed E-state index contributed by atoms with van der Waals surface area (Å²) in [4.78, 5) is 4.67. The molecule has 0 bridgehead atoms. The average molecular weight is 317 g/mol. The fourth-order valence-electron chi connectivity index (χ4n) is 1.13. The van der Waals surface area contributed by atoms with Crippen molar-refractivity contribution in [2.75, 3.05) is 0 Å². The van der Waals surface area contributed by atoms with Gasteiger partial charge in [0, 0.05) is 44.4 Å². The Labute approximate surface area is 114 Å². The predicted molar refractivity (Wildman–Crippen MR) is 76.8 cm³/mol. The van der Waals surface area contributed by atoms with Crippen LogP contribution < -0.4 is 0 Å². The molecule has 0 spiro atoms. The normalized spacial score (nSPS) is 12.1. The number of aromatic nitrogens is 1. The number of allylic oxidation sites excluding steroid dienone is 1. The van der Waals surface area contributed by atoms with Crippen LogP contribution in [0.2, 0.25) is 0 Å². The van der Waals surface area contributed by atoms with Crippen LogP contribution in [0, 0.1) is 12.9 Å². The minimum atomic E-state index is -0.430. The molecule has 17 heavy (non-hydrogen) atoms. The van der Waals surface area contributed by atoms with E-state index in [9.17, 15) is 4.39 Å². The molecule has 0 fully saturated rings. The zero-order valence-corrected chi connectivity index (χ0v) is 12.6. The molecular formula is C12H14BrFN2S. The third-order valence-corrected chi connectivity index (χ3v) is 3.75. The van der Waals surface area contributed by atoms with Crippen LogP contribution in [-0.4, -0.2) is 10.7 Å². The molecule has 0 aliphatic heterocycles. The number of rotatable bonds is 3. The standard InChI is InChI=1S/C12H14BrFN2S/c1-7(2)16-17-11(9(4)13)10-5-8(3)12(14)15-6-10/h5-6H,1-4H3/b11-9+. The van der Waals surface area contributed by atoms with Crippen LogP contribution in [0.25, 0.3) is 4.91 Å². The molecule has 0 amide bonds. The Balaban J connectivity index is 3.12. The van der Waals surface area contributed by atoms with Gasteiger partial charge in [-0.3, -0.25) is 0 Å². The fraction of sp³-hybridized carbons (Fsp3) is 0.333. The summed E-state index contributed by atoms with van der Waals surface area (Å²) in [7, 11) is 0. The topological polar surface area (TPSA) is 25.2 Å². The number of hydrogen-bond donors (Lipinski definition) is 0. The van der Waals surface area contributed by atoms with Gasteiger partial charge in [0.2, 0.25) is 5.95 Å². The van der Waals surface area contributed by atoms with E-state index >= 15 is 0 Å². The molecule has 0 radical (unpaired) electrons. The highest BCUT2D eigenvalue weighted by Crippen LogP contribution is 2.34. The Kier molecular flexibility index (Phi) is 5.33. The molecule has 0 saturated carbocycles. The molecular weight excluding hydrogens is 303 g/mol. The van der Waals surface area contributed by atoms with Crippen molar-refractivity contribution in [3.8, 4) is 0 Å². The lowest BCUT2D eigenvalue weighted by molar-refractivity contribution is 0.574. The number of halogens is 2. The van der Waals surface area contributed by atoms with Gasteiger partial charge >= 0.3 is 0 Å². The minimum Gasteiger partial charge on any atom is -0.227 e. The van der Waals surface area contributed by atoms with Crippen molar-refractivity contribution in [1.29, 1.82) is 0 Å². The van der Waals surface area contributed by atoms with Crippen LogP contribution in [0.1, 0.15) is 31.9 Å². The third kappa shape index (κ3) is 4.24. The molecule has 1 aromatic rings. The van der Waals surface area contributed by atoms with Crippen molar-refractivity contribution in [1.82, 2.24) is 4.98 Å². The number of aryl methyl sites for hydroxylation is 1. The Morgan fingerprint density at radius 2 is 2.06 bits per heavy atom. The van der Waals surface area contributed by atoms with Crippen LogP contribution in [-0.2, 0) is 0 Å². The molecule has 0 atom stereocenters. The van der Waals surface area contributed by atoms with Crippen LogP contribution in [0.4, 0.5) is 4.39 Å². The fourth-order valence-corrected chi connectivity index (χ4v) is 2.20. The van der Waals surface area contributed by atoms with Crippen LogP contribution >= 0.6 is 27.9 Å². The average Bonchev–Trinajstić information content (AvgIpc) is 2.22. The zero-order valence-electron chi connectivity index (χ0n) is 10.2. The van der Waals surface area contributed by atoms with Crippen LogP contribution in [0.3, 0.4) is 0 Å². The molecule has 0 aromatic carbocycles. The van der Waals surface area contributed by atoms with Crippen LogP contribution in [0.5, 0.6) is 0 Å². The van der Waals surface area contributed by atoms with Crippen LogP contribution in [0.15, 0.2) is 21.1 Å². The van der Waals surface area contributed by atoms with E-state index in [-0.39, 0.29) is 0 Å². The molecule has 0 N–H and O–H groups in total. The first-order valence-corrected chi connectivity index (χ1v) is 6.65. The van der Waals surface area contributed by atoms with E-state index in [1.807, 2.05) is 20.8 Å². The summed E-state index contributed by atoms with van der Waals surface area (Å²) in [5.74, 6) is -0.430. The maximum atomic E-state index is 13.1. The lowest BCUT2D eigenvalue weighted by atomic mass is 10.2. The van der Waals surface area contributed by atoms with Crippen molar-refractivity contribution >= 4 is 38.5 Å². The monoisotopic (exact) mass is 316 g/mol. The van der Waals surface area contributed by atoms with E-state index in [4.69, 9.17) is 0 Å². The number of pyridine rings is 1. The maximum absolute atomic E-state index is 13.1. The highest BCUT2D eigenvalue weighted by atomic mass is 79.9. The summed E-state index contributed by atoms with van der Waals surface area (Å²) in [5, 5.41) is 0. The summed E-state index contributed by atoms with van der Waals surface area (Å²) in [6, 6.07) is 1.77. The lowest BCUT2D eigenvalue weighted by Crippen LogP contribution is -1.91. The molecule has 5 heteroatoms. The molecule has 92 valence electrons. The van der Waals surface area contributed by atoms with E-state index in [2.05, 4.69) is 25.3 Å². The predicted octanol–water partition coefficient (Wildman–Crippen LogP) is 4.74. The maximum Gasteiger partial charge on any atom is 0.215 e.